The third kappa shape index (κ3) is 3.98. The van der Waals surface area contributed by atoms with Gasteiger partial charge in [0.2, 0.25) is 0 Å². The third-order valence-corrected chi connectivity index (χ3v) is 5.04. The fraction of sp³-hybridized carbons (Fsp3) is 0.667. The maximum Gasteiger partial charge on any atom is 0.0366 e. The highest BCUT2D eigenvalue weighted by atomic mass is 15.2. The first kappa shape index (κ1) is 14.9. The minimum atomic E-state index is 0.715. The van der Waals surface area contributed by atoms with Crippen LogP contribution in [-0.2, 0) is 0 Å². The lowest BCUT2D eigenvalue weighted by molar-refractivity contribution is 0.185. The maximum absolute atomic E-state index is 3.93. The van der Waals surface area contributed by atoms with Gasteiger partial charge in [0.1, 0.15) is 0 Å². The van der Waals surface area contributed by atoms with Gasteiger partial charge in [-0.15, -0.1) is 0 Å². The highest BCUT2D eigenvalue weighted by Crippen LogP contribution is 2.20. The molecule has 1 N–H and O–H groups in total. The number of nitrogens with zero attached hydrogens (tertiary/aromatic N) is 2. The molecule has 0 spiro atoms. The summed E-state index contributed by atoms with van der Waals surface area (Å²) < 4.78 is 0. The molecule has 2 aliphatic rings. The Morgan fingerprint density at radius 3 is 2.48 bits per heavy atom. The summed E-state index contributed by atoms with van der Waals surface area (Å²) in [5.41, 5.74) is 1.38. The lowest BCUT2D eigenvalue weighted by Gasteiger charge is -2.38. The average Bonchev–Trinajstić information content (AvgIpc) is 2.56. The summed E-state index contributed by atoms with van der Waals surface area (Å²) in [6.07, 6.45) is 5.26. The number of likely N-dealkylation sites (tertiary alicyclic amines) is 1. The molecule has 1 atom stereocenters. The molecule has 1 aromatic rings. The van der Waals surface area contributed by atoms with Gasteiger partial charge in [-0.1, -0.05) is 25.1 Å². The quantitative estimate of drug-likeness (QED) is 0.918. The van der Waals surface area contributed by atoms with Crippen LogP contribution < -0.4 is 10.2 Å². The molecular weight excluding hydrogens is 258 g/mol. The minimum absolute atomic E-state index is 0.715. The summed E-state index contributed by atoms with van der Waals surface area (Å²) in [6, 6.07) is 12.3. The molecule has 3 rings (SSSR count). The van der Waals surface area contributed by atoms with Crippen LogP contribution >= 0.6 is 0 Å². The molecule has 0 aromatic heterocycles. The smallest absolute Gasteiger partial charge is 0.0366 e. The van der Waals surface area contributed by atoms with E-state index >= 15 is 0 Å². The van der Waals surface area contributed by atoms with E-state index in [4.69, 9.17) is 0 Å². The van der Waals surface area contributed by atoms with Crippen molar-refractivity contribution in [1.29, 1.82) is 0 Å². The molecule has 3 nitrogen and oxygen atoms in total. The Morgan fingerprint density at radius 1 is 1.00 bits per heavy atom. The summed E-state index contributed by atoms with van der Waals surface area (Å²) in [5, 5.41) is 3.93. The summed E-state index contributed by atoms with van der Waals surface area (Å²) in [4.78, 5) is 5.11. The van der Waals surface area contributed by atoms with Gasteiger partial charge in [-0.2, -0.15) is 0 Å². The van der Waals surface area contributed by atoms with Crippen molar-refractivity contribution in [3.63, 3.8) is 0 Å². The molecule has 2 aliphatic heterocycles. The average molecular weight is 287 g/mol. The lowest BCUT2D eigenvalue weighted by Crippen LogP contribution is -2.52. The molecule has 116 valence electrons. The van der Waals surface area contributed by atoms with Gasteiger partial charge in [-0.05, 0) is 50.9 Å². The van der Waals surface area contributed by atoms with Crippen molar-refractivity contribution in [3.05, 3.63) is 30.3 Å². The zero-order chi connectivity index (χ0) is 14.5. The second-order valence-electron chi connectivity index (χ2n) is 6.50. The zero-order valence-electron chi connectivity index (χ0n) is 13.3. The van der Waals surface area contributed by atoms with E-state index in [0.717, 1.165) is 0 Å². The standard InChI is InChI=1S/C18H29N3/c1-2-20-12-6-7-17(15-20)19-16-10-13-21(14-11-16)18-8-4-3-5-9-18/h3-5,8-9,16-17,19H,2,6-7,10-15H2,1H3. The number of hydrogen-bond donors (Lipinski definition) is 1. The van der Waals surface area contributed by atoms with Crippen LogP contribution in [0.25, 0.3) is 0 Å². The van der Waals surface area contributed by atoms with Crippen molar-refractivity contribution in [2.24, 2.45) is 0 Å². The van der Waals surface area contributed by atoms with Crippen molar-refractivity contribution in [2.45, 2.75) is 44.7 Å². The van der Waals surface area contributed by atoms with Crippen LogP contribution in [0.15, 0.2) is 30.3 Å². The predicted octanol–water partition coefficient (Wildman–Crippen LogP) is 2.73. The minimum Gasteiger partial charge on any atom is -0.371 e. The van der Waals surface area contributed by atoms with Gasteiger partial charge in [0.25, 0.3) is 0 Å². The molecule has 2 heterocycles. The Kier molecular flexibility index (Phi) is 5.15. The Hall–Kier alpha value is -1.06. The van der Waals surface area contributed by atoms with Gasteiger partial charge < -0.3 is 15.1 Å². The van der Waals surface area contributed by atoms with Gasteiger partial charge in [0.15, 0.2) is 0 Å². The molecule has 3 heteroatoms. The van der Waals surface area contributed by atoms with E-state index in [1.165, 1.54) is 64.1 Å². The van der Waals surface area contributed by atoms with Crippen molar-refractivity contribution >= 4 is 5.69 Å². The number of piperidine rings is 2. The van der Waals surface area contributed by atoms with Crippen molar-refractivity contribution in [2.75, 3.05) is 37.6 Å². The monoisotopic (exact) mass is 287 g/mol. The molecule has 21 heavy (non-hydrogen) atoms. The second kappa shape index (κ2) is 7.28. The van der Waals surface area contributed by atoms with E-state index in [0.29, 0.717) is 12.1 Å². The van der Waals surface area contributed by atoms with Crippen LogP contribution in [0, 0.1) is 0 Å². The first-order valence-corrected chi connectivity index (χ1v) is 8.63. The summed E-state index contributed by atoms with van der Waals surface area (Å²) >= 11 is 0. The van der Waals surface area contributed by atoms with E-state index in [1.807, 2.05) is 0 Å². The normalized spacial score (nSPS) is 25.2. The van der Waals surface area contributed by atoms with E-state index in [9.17, 15) is 0 Å². The molecule has 0 radical (unpaired) electrons. The molecule has 0 aliphatic carbocycles. The fourth-order valence-corrected chi connectivity index (χ4v) is 3.76. The first-order chi connectivity index (χ1) is 10.3. The molecule has 1 unspecified atom stereocenters. The number of nitrogens with one attached hydrogen (secondary N) is 1. The Bertz CT molecular complexity index is 412. The van der Waals surface area contributed by atoms with Gasteiger partial charge in [0.05, 0.1) is 0 Å². The Balaban J connectivity index is 1.45. The molecule has 0 bridgehead atoms. The van der Waals surface area contributed by atoms with E-state index < -0.39 is 0 Å². The van der Waals surface area contributed by atoms with Gasteiger partial charge >= 0.3 is 0 Å². The highest BCUT2D eigenvalue weighted by molar-refractivity contribution is 5.46. The third-order valence-electron chi connectivity index (χ3n) is 5.04. The SMILES string of the molecule is CCN1CCCC(NC2CCN(c3ccccc3)CC2)C1. The number of para-hydroxylation sites is 1. The topological polar surface area (TPSA) is 18.5 Å². The summed E-state index contributed by atoms with van der Waals surface area (Å²) in [5.74, 6) is 0. The maximum atomic E-state index is 3.93. The van der Waals surface area contributed by atoms with Gasteiger partial charge in [0, 0.05) is 37.4 Å². The van der Waals surface area contributed by atoms with Gasteiger partial charge in [-0.25, -0.2) is 0 Å². The Morgan fingerprint density at radius 2 is 1.76 bits per heavy atom. The zero-order valence-corrected chi connectivity index (χ0v) is 13.3. The second-order valence-corrected chi connectivity index (χ2v) is 6.50. The van der Waals surface area contributed by atoms with Gasteiger partial charge in [-0.3, -0.25) is 0 Å². The molecule has 0 saturated carbocycles. The summed E-state index contributed by atoms with van der Waals surface area (Å²) in [7, 11) is 0. The molecule has 1 aromatic carbocycles. The molecular formula is C18H29N3. The fourth-order valence-electron chi connectivity index (χ4n) is 3.76. The van der Waals surface area contributed by atoms with Crippen LogP contribution in [0.3, 0.4) is 0 Å². The number of likely N-dealkylation sites (N-methyl/N-ethyl adjacent to an activating group) is 1. The lowest BCUT2D eigenvalue weighted by atomic mass is 10.00. The number of anilines is 1. The van der Waals surface area contributed by atoms with E-state index in [1.54, 1.807) is 0 Å². The number of benzene rings is 1. The van der Waals surface area contributed by atoms with E-state index in [2.05, 4.69) is 52.4 Å². The van der Waals surface area contributed by atoms with Crippen molar-refractivity contribution in [3.8, 4) is 0 Å². The van der Waals surface area contributed by atoms with Crippen LogP contribution in [0.4, 0.5) is 5.69 Å². The molecule has 2 saturated heterocycles. The van der Waals surface area contributed by atoms with Crippen LogP contribution in [0.1, 0.15) is 32.6 Å². The number of hydrogen-bond acceptors (Lipinski definition) is 3. The van der Waals surface area contributed by atoms with Crippen LogP contribution in [0.2, 0.25) is 0 Å². The van der Waals surface area contributed by atoms with Crippen LogP contribution in [-0.4, -0.2) is 49.7 Å². The largest absolute Gasteiger partial charge is 0.371 e. The predicted molar refractivity (Wildman–Crippen MR) is 89.9 cm³/mol. The molecule has 0 amide bonds. The van der Waals surface area contributed by atoms with Crippen LogP contribution in [0.5, 0.6) is 0 Å². The van der Waals surface area contributed by atoms with Crippen molar-refractivity contribution < 1.29 is 0 Å². The van der Waals surface area contributed by atoms with Crippen molar-refractivity contribution in [1.82, 2.24) is 10.2 Å². The molecule has 2 fully saturated rings. The van der Waals surface area contributed by atoms with E-state index in [-0.39, 0.29) is 0 Å². The summed E-state index contributed by atoms with van der Waals surface area (Å²) in [6.45, 7) is 8.39. The Labute approximate surface area is 129 Å². The number of rotatable bonds is 4. The first-order valence-electron chi connectivity index (χ1n) is 8.63. The highest BCUT2D eigenvalue weighted by Gasteiger charge is 2.24.